The molecule has 2 aromatic carbocycles. The van der Waals surface area contributed by atoms with Crippen molar-refractivity contribution in [3.63, 3.8) is 0 Å². The van der Waals surface area contributed by atoms with Gasteiger partial charge in [0.2, 0.25) is 0 Å². The van der Waals surface area contributed by atoms with E-state index in [-0.39, 0.29) is 11.4 Å². The number of carbonyl (C=O) groups excluding carboxylic acids is 2. The van der Waals surface area contributed by atoms with Crippen LogP contribution in [0.5, 0.6) is 0 Å². The second-order valence-electron chi connectivity index (χ2n) is 4.97. The number of nitro benzene ring substituents is 1. The molecule has 0 saturated heterocycles. The first-order valence-corrected chi connectivity index (χ1v) is 7.57. The summed E-state index contributed by atoms with van der Waals surface area (Å²) in [5, 5.41) is 13.3. The number of rotatable bonds is 6. The van der Waals surface area contributed by atoms with Crippen LogP contribution in [0.3, 0.4) is 0 Å². The molecule has 0 spiro atoms. The van der Waals surface area contributed by atoms with Gasteiger partial charge in [0.15, 0.2) is 6.61 Å². The Bertz CT molecular complexity index is 885. The van der Waals surface area contributed by atoms with E-state index in [1.165, 1.54) is 6.08 Å². The van der Waals surface area contributed by atoms with Crippen molar-refractivity contribution in [2.45, 2.75) is 0 Å². The lowest BCUT2D eigenvalue weighted by Gasteiger charge is -2.06. The Kier molecular flexibility index (Phi) is 6.40. The minimum atomic E-state index is -0.851. The Morgan fingerprint density at radius 2 is 2.04 bits per heavy atom. The fourth-order valence-electron chi connectivity index (χ4n) is 1.87. The number of esters is 1. The van der Waals surface area contributed by atoms with Gasteiger partial charge in [0.05, 0.1) is 10.6 Å². The van der Waals surface area contributed by atoms with Crippen LogP contribution in [0.4, 0.5) is 15.8 Å². The van der Waals surface area contributed by atoms with E-state index in [4.69, 9.17) is 16.3 Å². The molecule has 26 heavy (non-hydrogen) atoms. The summed E-state index contributed by atoms with van der Waals surface area (Å²) in [6.07, 6.45) is 2.55. The molecule has 0 aromatic heterocycles. The molecular formula is C17H12ClFN2O5. The minimum Gasteiger partial charge on any atom is -0.452 e. The molecule has 134 valence electrons. The highest BCUT2D eigenvalue weighted by atomic mass is 35.5. The summed E-state index contributed by atoms with van der Waals surface area (Å²) in [7, 11) is 0. The number of nitrogens with one attached hydrogen (secondary N) is 1. The van der Waals surface area contributed by atoms with Gasteiger partial charge in [-0.25, -0.2) is 9.18 Å². The topological polar surface area (TPSA) is 98.5 Å². The zero-order chi connectivity index (χ0) is 19.1. The molecule has 2 aromatic rings. The molecule has 0 unspecified atom stereocenters. The summed E-state index contributed by atoms with van der Waals surface area (Å²) < 4.78 is 18.3. The molecule has 0 radical (unpaired) electrons. The molecule has 0 fully saturated rings. The summed E-state index contributed by atoms with van der Waals surface area (Å²) in [5.74, 6) is -2.48. The monoisotopic (exact) mass is 378 g/mol. The lowest BCUT2D eigenvalue weighted by Crippen LogP contribution is -2.20. The first kappa shape index (κ1) is 19.1. The SMILES string of the molecule is O=C(COC(=O)/C=C/c1cccc(Cl)c1)Nc1cc([N+](=O)[O-])ccc1F. The number of amides is 1. The van der Waals surface area contributed by atoms with Gasteiger partial charge >= 0.3 is 5.97 Å². The maximum atomic E-state index is 13.6. The third kappa shape index (κ3) is 5.67. The number of non-ortho nitro benzene ring substituents is 1. The first-order chi connectivity index (χ1) is 12.3. The van der Waals surface area contributed by atoms with Crippen molar-refractivity contribution in [1.82, 2.24) is 0 Å². The zero-order valence-electron chi connectivity index (χ0n) is 13.1. The number of hydrogen-bond acceptors (Lipinski definition) is 5. The van der Waals surface area contributed by atoms with Crippen molar-refractivity contribution in [2.24, 2.45) is 0 Å². The maximum Gasteiger partial charge on any atom is 0.331 e. The summed E-state index contributed by atoms with van der Waals surface area (Å²) in [4.78, 5) is 33.2. The quantitative estimate of drug-likeness (QED) is 0.358. The van der Waals surface area contributed by atoms with E-state index in [0.717, 1.165) is 24.3 Å². The van der Waals surface area contributed by atoms with Crippen LogP contribution >= 0.6 is 11.6 Å². The lowest BCUT2D eigenvalue weighted by molar-refractivity contribution is -0.384. The second-order valence-corrected chi connectivity index (χ2v) is 5.40. The number of ether oxygens (including phenoxy) is 1. The Hall–Kier alpha value is -3.26. The predicted octanol–water partition coefficient (Wildman–Crippen LogP) is 3.58. The Labute approximate surface area is 152 Å². The fourth-order valence-corrected chi connectivity index (χ4v) is 2.07. The largest absolute Gasteiger partial charge is 0.452 e. The van der Waals surface area contributed by atoms with E-state index >= 15 is 0 Å². The van der Waals surface area contributed by atoms with Gasteiger partial charge in [0.25, 0.3) is 11.6 Å². The van der Waals surface area contributed by atoms with E-state index < -0.39 is 29.2 Å². The normalized spacial score (nSPS) is 10.5. The van der Waals surface area contributed by atoms with Crippen LogP contribution in [-0.4, -0.2) is 23.4 Å². The van der Waals surface area contributed by atoms with E-state index in [0.29, 0.717) is 10.6 Å². The van der Waals surface area contributed by atoms with Crippen molar-refractivity contribution < 1.29 is 23.6 Å². The highest BCUT2D eigenvalue weighted by molar-refractivity contribution is 6.30. The molecule has 0 heterocycles. The van der Waals surface area contributed by atoms with E-state index in [1.807, 2.05) is 0 Å². The van der Waals surface area contributed by atoms with Crippen molar-refractivity contribution in [2.75, 3.05) is 11.9 Å². The molecule has 1 N–H and O–H groups in total. The van der Waals surface area contributed by atoms with Gasteiger partial charge in [-0.15, -0.1) is 0 Å². The molecule has 9 heteroatoms. The number of nitro groups is 1. The van der Waals surface area contributed by atoms with Crippen LogP contribution in [-0.2, 0) is 14.3 Å². The third-order valence-corrected chi connectivity index (χ3v) is 3.28. The molecule has 0 atom stereocenters. The number of carbonyl (C=O) groups is 2. The average molecular weight is 379 g/mol. The second kappa shape index (κ2) is 8.72. The first-order valence-electron chi connectivity index (χ1n) is 7.19. The van der Waals surface area contributed by atoms with Crippen LogP contribution < -0.4 is 5.32 Å². The van der Waals surface area contributed by atoms with E-state index in [9.17, 15) is 24.1 Å². The predicted molar refractivity (Wildman–Crippen MR) is 93.1 cm³/mol. The number of halogens is 2. The molecule has 7 nitrogen and oxygen atoms in total. The summed E-state index contributed by atoms with van der Waals surface area (Å²) in [5.41, 5.74) is -0.101. The number of benzene rings is 2. The van der Waals surface area contributed by atoms with E-state index in [1.54, 1.807) is 24.3 Å². The van der Waals surface area contributed by atoms with Crippen LogP contribution in [0.15, 0.2) is 48.5 Å². The minimum absolute atomic E-state index is 0.380. The molecule has 0 aliphatic heterocycles. The molecule has 0 saturated carbocycles. The van der Waals surface area contributed by atoms with Crippen LogP contribution in [0.1, 0.15) is 5.56 Å². The Balaban J connectivity index is 1.89. The lowest BCUT2D eigenvalue weighted by atomic mass is 10.2. The number of hydrogen-bond donors (Lipinski definition) is 1. The van der Waals surface area contributed by atoms with Gasteiger partial charge in [-0.3, -0.25) is 14.9 Å². The van der Waals surface area contributed by atoms with Gasteiger partial charge < -0.3 is 10.1 Å². The van der Waals surface area contributed by atoms with Gasteiger partial charge in [-0.05, 0) is 29.8 Å². The summed E-state index contributed by atoms with van der Waals surface area (Å²) in [6, 6.07) is 9.41. The molecule has 0 aliphatic carbocycles. The maximum absolute atomic E-state index is 13.6. The number of anilines is 1. The van der Waals surface area contributed by atoms with Gasteiger partial charge in [0, 0.05) is 23.2 Å². The van der Waals surface area contributed by atoms with Crippen molar-refractivity contribution >= 4 is 40.9 Å². The van der Waals surface area contributed by atoms with Crippen LogP contribution in [0, 0.1) is 15.9 Å². The molecular weight excluding hydrogens is 367 g/mol. The summed E-state index contributed by atoms with van der Waals surface area (Å²) in [6.45, 7) is -0.680. The van der Waals surface area contributed by atoms with Gasteiger partial charge in [-0.1, -0.05) is 23.7 Å². The molecule has 2 rings (SSSR count). The fraction of sp³-hybridized carbons (Fsp3) is 0.0588. The van der Waals surface area contributed by atoms with Crippen LogP contribution in [0.2, 0.25) is 5.02 Å². The van der Waals surface area contributed by atoms with Gasteiger partial charge in [0.1, 0.15) is 5.82 Å². The summed E-state index contributed by atoms with van der Waals surface area (Å²) >= 11 is 5.81. The smallest absolute Gasteiger partial charge is 0.331 e. The van der Waals surface area contributed by atoms with Crippen molar-refractivity contribution in [3.05, 3.63) is 75.1 Å². The average Bonchev–Trinajstić information content (AvgIpc) is 2.60. The van der Waals surface area contributed by atoms with Gasteiger partial charge in [-0.2, -0.15) is 0 Å². The van der Waals surface area contributed by atoms with Crippen molar-refractivity contribution in [3.8, 4) is 0 Å². The van der Waals surface area contributed by atoms with E-state index in [2.05, 4.69) is 5.32 Å². The zero-order valence-corrected chi connectivity index (χ0v) is 13.9. The molecule has 1 amide bonds. The van der Waals surface area contributed by atoms with Crippen molar-refractivity contribution in [1.29, 1.82) is 0 Å². The standard InChI is InChI=1S/C17H12ClFN2O5/c18-12-3-1-2-11(8-12)4-7-17(23)26-10-16(22)20-15-9-13(21(24)25)5-6-14(15)19/h1-9H,10H2,(H,20,22)/b7-4+. The molecule has 0 bridgehead atoms. The highest BCUT2D eigenvalue weighted by Gasteiger charge is 2.13. The highest BCUT2D eigenvalue weighted by Crippen LogP contribution is 2.21. The number of nitrogens with zero attached hydrogens (tertiary/aromatic N) is 1. The molecule has 0 aliphatic rings. The Morgan fingerprint density at radius 3 is 2.73 bits per heavy atom. The van der Waals surface area contributed by atoms with Crippen LogP contribution in [0.25, 0.3) is 6.08 Å². The third-order valence-electron chi connectivity index (χ3n) is 3.04. The Morgan fingerprint density at radius 1 is 1.27 bits per heavy atom.